The molecule has 0 saturated carbocycles. The molecule has 1 aliphatic heterocycles. The highest BCUT2D eigenvalue weighted by Crippen LogP contribution is 2.30. The van der Waals surface area contributed by atoms with Gasteiger partial charge in [-0.05, 0) is 23.3 Å². The van der Waals surface area contributed by atoms with Gasteiger partial charge in [-0.25, -0.2) is 0 Å². The maximum absolute atomic E-state index is 5.58. The Balaban J connectivity index is 0.00000147. The zero-order chi connectivity index (χ0) is 12.9. The number of nitrogens with one attached hydrogen (secondary N) is 1. The molecule has 0 radical (unpaired) electrons. The minimum absolute atomic E-state index is 0. The van der Waals surface area contributed by atoms with Crippen molar-refractivity contribution in [3.63, 3.8) is 0 Å². The lowest BCUT2D eigenvalue weighted by Gasteiger charge is -2.19. The van der Waals surface area contributed by atoms with Crippen molar-refractivity contribution in [3.05, 3.63) is 59.7 Å². The number of hydrogen-bond donors (Lipinski definition) is 1. The molecular weight excluding hydrogens is 274 g/mol. The number of rotatable bonds is 4. The first kappa shape index (κ1) is 14.7. The lowest BCUT2D eigenvalue weighted by atomic mass is 10.2. The summed E-state index contributed by atoms with van der Waals surface area (Å²) < 4.78 is 11.1. The predicted molar refractivity (Wildman–Crippen MR) is 74.4 cm³/mol. The van der Waals surface area contributed by atoms with Crippen LogP contribution in [0, 0.1) is 0 Å². The number of benzene rings is 2. The molecule has 0 atom stereocenters. The van der Waals surface area contributed by atoms with E-state index in [1.165, 1.54) is 11.1 Å². The molecule has 2 aromatic carbocycles. The molecule has 0 unspecified atom stereocenters. The normalized spacial score (nSPS) is 12.6. The van der Waals surface area contributed by atoms with Crippen molar-refractivity contribution in [2.45, 2.75) is 13.1 Å². The summed E-state index contributed by atoms with van der Waals surface area (Å²) in [5.41, 5.74) is 2.50. The third kappa shape index (κ3) is 3.65. The molecule has 0 amide bonds. The van der Waals surface area contributed by atoms with Crippen molar-refractivity contribution >= 4 is 0 Å². The van der Waals surface area contributed by atoms with Crippen molar-refractivity contribution in [1.82, 2.24) is 5.32 Å². The summed E-state index contributed by atoms with van der Waals surface area (Å²) in [6.07, 6.45) is 0. The highest BCUT2D eigenvalue weighted by Gasteiger charge is 2.11. The average molecular weight is 291 g/mol. The van der Waals surface area contributed by atoms with E-state index in [2.05, 4.69) is 35.6 Å². The molecule has 106 valence electrons. The zero-order valence-corrected chi connectivity index (χ0v) is 11.9. The van der Waals surface area contributed by atoms with Gasteiger partial charge >= 0.3 is 0 Å². The van der Waals surface area contributed by atoms with Gasteiger partial charge in [-0.2, -0.15) is 0 Å². The molecule has 3 rings (SSSR count). The van der Waals surface area contributed by atoms with Crippen LogP contribution in [0.25, 0.3) is 0 Å². The Kier molecular flexibility index (Phi) is 5.27. The zero-order valence-electron chi connectivity index (χ0n) is 11.1. The van der Waals surface area contributed by atoms with E-state index in [-0.39, 0.29) is 12.4 Å². The molecular formula is C16H17ClNO2-. The maximum Gasteiger partial charge on any atom is 0.161 e. The standard InChI is InChI=1S/C16H17NO2.ClH/c1-2-4-13(5-3-1)11-17-12-14-6-7-15-16(10-14)19-9-8-18-15;/h1-7,10,17H,8-9,11-12H2;1H/p-1. The van der Waals surface area contributed by atoms with Crippen LogP contribution in [0.15, 0.2) is 48.5 Å². The maximum atomic E-state index is 5.58. The Morgan fingerprint density at radius 3 is 2.30 bits per heavy atom. The summed E-state index contributed by atoms with van der Waals surface area (Å²) in [5, 5.41) is 3.43. The van der Waals surface area contributed by atoms with Crippen molar-refractivity contribution in [2.75, 3.05) is 13.2 Å². The first-order valence-corrected chi connectivity index (χ1v) is 6.55. The van der Waals surface area contributed by atoms with Crippen LogP contribution in [0.4, 0.5) is 0 Å². The van der Waals surface area contributed by atoms with E-state index in [0.29, 0.717) is 13.2 Å². The molecule has 0 aliphatic carbocycles. The molecule has 4 heteroatoms. The Morgan fingerprint density at radius 2 is 1.50 bits per heavy atom. The van der Waals surface area contributed by atoms with Gasteiger partial charge in [0, 0.05) is 13.1 Å². The molecule has 0 bridgehead atoms. The Hall–Kier alpha value is -1.71. The largest absolute Gasteiger partial charge is 1.00 e. The third-order valence-electron chi connectivity index (χ3n) is 3.11. The third-order valence-corrected chi connectivity index (χ3v) is 3.11. The molecule has 20 heavy (non-hydrogen) atoms. The van der Waals surface area contributed by atoms with Crippen LogP contribution in [0.3, 0.4) is 0 Å². The first-order valence-electron chi connectivity index (χ1n) is 6.55. The average Bonchev–Trinajstić information content (AvgIpc) is 2.48. The summed E-state index contributed by atoms with van der Waals surface area (Å²) in [5.74, 6) is 1.70. The topological polar surface area (TPSA) is 30.5 Å². The lowest BCUT2D eigenvalue weighted by Crippen LogP contribution is -3.00. The van der Waals surface area contributed by atoms with Crippen LogP contribution in [0.5, 0.6) is 11.5 Å². The molecule has 1 heterocycles. The van der Waals surface area contributed by atoms with E-state index >= 15 is 0 Å². The van der Waals surface area contributed by atoms with Crippen LogP contribution >= 0.6 is 0 Å². The van der Waals surface area contributed by atoms with E-state index in [9.17, 15) is 0 Å². The van der Waals surface area contributed by atoms with Gasteiger partial charge in [0.25, 0.3) is 0 Å². The summed E-state index contributed by atoms with van der Waals surface area (Å²) >= 11 is 0. The molecule has 0 saturated heterocycles. The Bertz CT molecular complexity index is 545. The molecule has 1 N–H and O–H groups in total. The van der Waals surface area contributed by atoms with E-state index in [1.807, 2.05) is 18.2 Å². The fourth-order valence-electron chi connectivity index (χ4n) is 2.14. The SMILES string of the molecule is [Cl-].c1ccc(CNCc2ccc3c(c2)OCCO3)cc1. The minimum Gasteiger partial charge on any atom is -1.00 e. The lowest BCUT2D eigenvalue weighted by molar-refractivity contribution is -0.00000443. The van der Waals surface area contributed by atoms with Crippen molar-refractivity contribution in [2.24, 2.45) is 0 Å². The minimum atomic E-state index is 0. The molecule has 0 fully saturated rings. The first-order chi connectivity index (χ1) is 9.42. The summed E-state index contributed by atoms with van der Waals surface area (Å²) in [4.78, 5) is 0. The van der Waals surface area contributed by atoms with Crippen LogP contribution in [-0.4, -0.2) is 13.2 Å². The number of ether oxygens (including phenoxy) is 2. The van der Waals surface area contributed by atoms with Gasteiger partial charge in [0.15, 0.2) is 11.5 Å². The van der Waals surface area contributed by atoms with Crippen molar-refractivity contribution in [3.8, 4) is 11.5 Å². The van der Waals surface area contributed by atoms with E-state index in [4.69, 9.17) is 9.47 Å². The second-order valence-corrected chi connectivity index (χ2v) is 4.57. The van der Waals surface area contributed by atoms with Crippen LogP contribution in [-0.2, 0) is 13.1 Å². The van der Waals surface area contributed by atoms with E-state index < -0.39 is 0 Å². The molecule has 3 nitrogen and oxygen atoms in total. The molecule has 2 aromatic rings. The van der Waals surface area contributed by atoms with E-state index in [1.54, 1.807) is 0 Å². The van der Waals surface area contributed by atoms with Crippen LogP contribution in [0.2, 0.25) is 0 Å². The van der Waals surface area contributed by atoms with Crippen molar-refractivity contribution < 1.29 is 21.9 Å². The highest BCUT2D eigenvalue weighted by atomic mass is 35.5. The van der Waals surface area contributed by atoms with Gasteiger partial charge in [-0.3, -0.25) is 0 Å². The van der Waals surface area contributed by atoms with Gasteiger partial charge < -0.3 is 27.2 Å². The number of fused-ring (bicyclic) bond motifs is 1. The van der Waals surface area contributed by atoms with Crippen LogP contribution < -0.4 is 27.2 Å². The quantitative estimate of drug-likeness (QED) is 0.843. The number of halogens is 1. The molecule has 0 spiro atoms. The van der Waals surface area contributed by atoms with Gasteiger partial charge in [-0.1, -0.05) is 36.4 Å². The van der Waals surface area contributed by atoms with Gasteiger partial charge in [0.05, 0.1) is 0 Å². The van der Waals surface area contributed by atoms with Crippen molar-refractivity contribution in [1.29, 1.82) is 0 Å². The number of hydrogen-bond acceptors (Lipinski definition) is 3. The summed E-state index contributed by atoms with van der Waals surface area (Å²) in [7, 11) is 0. The van der Waals surface area contributed by atoms with Gasteiger partial charge in [0.1, 0.15) is 13.2 Å². The highest BCUT2D eigenvalue weighted by molar-refractivity contribution is 5.43. The Morgan fingerprint density at radius 1 is 0.800 bits per heavy atom. The second kappa shape index (κ2) is 7.17. The monoisotopic (exact) mass is 290 g/mol. The van der Waals surface area contributed by atoms with Crippen LogP contribution in [0.1, 0.15) is 11.1 Å². The van der Waals surface area contributed by atoms with Gasteiger partial charge in [0.2, 0.25) is 0 Å². The smallest absolute Gasteiger partial charge is 0.161 e. The fourth-order valence-corrected chi connectivity index (χ4v) is 2.14. The predicted octanol–water partition coefficient (Wildman–Crippen LogP) is -0.248. The summed E-state index contributed by atoms with van der Waals surface area (Å²) in [6.45, 7) is 2.97. The second-order valence-electron chi connectivity index (χ2n) is 4.57. The van der Waals surface area contributed by atoms with Gasteiger partial charge in [-0.15, -0.1) is 0 Å². The van der Waals surface area contributed by atoms with E-state index in [0.717, 1.165) is 24.6 Å². The molecule has 0 aromatic heterocycles. The Labute approximate surface area is 125 Å². The summed E-state index contributed by atoms with van der Waals surface area (Å²) in [6, 6.07) is 16.5. The molecule has 1 aliphatic rings. The fraction of sp³-hybridized carbons (Fsp3) is 0.250.